The van der Waals surface area contributed by atoms with E-state index in [9.17, 15) is 9.18 Å². The summed E-state index contributed by atoms with van der Waals surface area (Å²) < 4.78 is 13.1. The molecular formula is C17H15FN4O. The van der Waals surface area contributed by atoms with Crippen molar-refractivity contribution in [3.05, 3.63) is 60.3 Å². The Balaban J connectivity index is 1.97. The molecule has 0 aliphatic heterocycles. The number of likely N-dealkylation sites (N-methyl/N-ethyl adjacent to an activating group) is 1. The molecule has 3 aromatic rings. The number of aromatic amines is 1. The maximum absolute atomic E-state index is 13.1. The van der Waals surface area contributed by atoms with Gasteiger partial charge < -0.3 is 5.32 Å². The van der Waals surface area contributed by atoms with Gasteiger partial charge in [0, 0.05) is 24.4 Å². The molecule has 23 heavy (non-hydrogen) atoms. The van der Waals surface area contributed by atoms with Crippen molar-refractivity contribution >= 4 is 5.91 Å². The number of nitrogens with zero attached hydrogens (tertiary/aromatic N) is 2. The number of nitrogens with one attached hydrogen (secondary N) is 2. The second-order valence-corrected chi connectivity index (χ2v) is 5.05. The van der Waals surface area contributed by atoms with E-state index >= 15 is 0 Å². The molecule has 2 aromatic heterocycles. The maximum Gasteiger partial charge on any atom is 0.225 e. The molecule has 0 bridgehead atoms. The molecule has 5 nitrogen and oxygen atoms in total. The van der Waals surface area contributed by atoms with Crippen LogP contribution in [-0.2, 0) is 11.2 Å². The van der Waals surface area contributed by atoms with E-state index in [4.69, 9.17) is 0 Å². The molecule has 0 radical (unpaired) electrons. The van der Waals surface area contributed by atoms with Gasteiger partial charge in [0.1, 0.15) is 5.82 Å². The first kappa shape index (κ1) is 14.9. The number of carbonyl (C=O) groups is 1. The van der Waals surface area contributed by atoms with Crippen LogP contribution in [0.15, 0.2) is 48.8 Å². The van der Waals surface area contributed by atoms with Gasteiger partial charge in [-0.05, 0) is 42.0 Å². The van der Waals surface area contributed by atoms with Gasteiger partial charge in [-0.3, -0.25) is 14.9 Å². The lowest BCUT2D eigenvalue weighted by molar-refractivity contribution is -0.120. The molecule has 0 saturated heterocycles. The van der Waals surface area contributed by atoms with E-state index in [1.807, 2.05) is 12.1 Å². The van der Waals surface area contributed by atoms with E-state index < -0.39 is 0 Å². The Kier molecular flexibility index (Phi) is 4.14. The first-order chi connectivity index (χ1) is 11.2. The molecule has 6 heteroatoms. The molecule has 3 rings (SSSR count). The quantitative estimate of drug-likeness (QED) is 0.778. The van der Waals surface area contributed by atoms with Gasteiger partial charge in [0.2, 0.25) is 5.91 Å². The monoisotopic (exact) mass is 310 g/mol. The molecule has 0 fully saturated rings. The van der Waals surface area contributed by atoms with Gasteiger partial charge in [-0.1, -0.05) is 0 Å². The zero-order valence-corrected chi connectivity index (χ0v) is 12.5. The first-order valence-electron chi connectivity index (χ1n) is 7.12. The largest absolute Gasteiger partial charge is 0.359 e. The smallest absolute Gasteiger partial charge is 0.225 e. The van der Waals surface area contributed by atoms with Crippen LogP contribution in [0.5, 0.6) is 0 Å². The van der Waals surface area contributed by atoms with E-state index in [1.165, 1.54) is 12.1 Å². The number of benzene rings is 1. The SMILES string of the molecule is CNC(=O)Cc1cc(-c2cn[nH]c2-c2ccc(F)cc2)ccn1. The Morgan fingerprint density at radius 3 is 2.74 bits per heavy atom. The third-order valence-electron chi connectivity index (χ3n) is 3.52. The van der Waals surface area contributed by atoms with Crippen LogP contribution in [0.4, 0.5) is 4.39 Å². The van der Waals surface area contributed by atoms with Crippen LogP contribution in [0.25, 0.3) is 22.4 Å². The number of aromatic nitrogens is 3. The van der Waals surface area contributed by atoms with Crippen molar-refractivity contribution in [2.24, 2.45) is 0 Å². The second-order valence-electron chi connectivity index (χ2n) is 5.05. The summed E-state index contributed by atoms with van der Waals surface area (Å²) in [6.07, 6.45) is 3.58. The van der Waals surface area contributed by atoms with Crippen LogP contribution in [0.3, 0.4) is 0 Å². The molecule has 1 aromatic carbocycles. The van der Waals surface area contributed by atoms with Gasteiger partial charge >= 0.3 is 0 Å². The molecule has 0 atom stereocenters. The van der Waals surface area contributed by atoms with Gasteiger partial charge in [-0.25, -0.2) is 4.39 Å². The highest BCUT2D eigenvalue weighted by molar-refractivity contribution is 5.81. The van der Waals surface area contributed by atoms with E-state index in [0.717, 1.165) is 22.4 Å². The van der Waals surface area contributed by atoms with Crippen molar-refractivity contribution in [3.63, 3.8) is 0 Å². The molecule has 0 aliphatic rings. The fourth-order valence-electron chi connectivity index (χ4n) is 2.34. The highest BCUT2D eigenvalue weighted by atomic mass is 19.1. The topological polar surface area (TPSA) is 70.7 Å². The lowest BCUT2D eigenvalue weighted by Gasteiger charge is -2.06. The zero-order chi connectivity index (χ0) is 16.2. The third kappa shape index (κ3) is 3.26. The van der Waals surface area contributed by atoms with Gasteiger partial charge in [-0.15, -0.1) is 0 Å². The van der Waals surface area contributed by atoms with Crippen LogP contribution < -0.4 is 5.32 Å². The van der Waals surface area contributed by atoms with E-state index in [1.54, 1.807) is 31.6 Å². The Morgan fingerprint density at radius 2 is 2.00 bits per heavy atom. The highest BCUT2D eigenvalue weighted by Crippen LogP contribution is 2.30. The number of carbonyl (C=O) groups excluding carboxylic acids is 1. The number of amides is 1. The molecule has 0 spiro atoms. The lowest BCUT2D eigenvalue weighted by Crippen LogP contribution is -2.20. The van der Waals surface area contributed by atoms with E-state index in [0.29, 0.717) is 5.69 Å². The first-order valence-corrected chi connectivity index (χ1v) is 7.12. The van der Waals surface area contributed by atoms with Gasteiger partial charge in [0.05, 0.1) is 24.0 Å². The number of H-pyrrole nitrogens is 1. The Morgan fingerprint density at radius 1 is 1.22 bits per heavy atom. The van der Waals surface area contributed by atoms with Crippen LogP contribution in [0.1, 0.15) is 5.69 Å². The van der Waals surface area contributed by atoms with Crippen molar-refractivity contribution < 1.29 is 9.18 Å². The molecule has 2 heterocycles. The minimum atomic E-state index is -0.286. The van der Waals surface area contributed by atoms with Crippen molar-refractivity contribution in [1.29, 1.82) is 0 Å². The van der Waals surface area contributed by atoms with E-state index in [2.05, 4.69) is 20.5 Å². The third-order valence-corrected chi connectivity index (χ3v) is 3.52. The Bertz CT molecular complexity index is 827. The van der Waals surface area contributed by atoms with E-state index in [-0.39, 0.29) is 18.1 Å². The zero-order valence-electron chi connectivity index (χ0n) is 12.5. The average molecular weight is 310 g/mol. The second kappa shape index (κ2) is 6.39. The molecular weight excluding hydrogens is 295 g/mol. The van der Waals surface area contributed by atoms with Gasteiger partial charge in [0.15, 0.2) is 0 Å². The number of hydrogen-bond donors (Lipinski definition) is 2. The van der Waals surface area contributed by atoms with Gasteiger partial charge in [0.25, 0.3) is 0 Å². The van der Waals surface area contributed by atoms with Crippen LogP contribution >= 0.6 is 0 Å². The molecule has 1 amide bonds. The van der Waals surface area contributed by atoms with Gasteiger partial charge in [-0.2, -0.15) is 5.10 Å². The molecule has 0 aliphatic carbocycles. The standard InChI is InChI=1S/C17H15FN4O/c1-19-16(23)9-14-8-12(6-7-20-14)15-10-21-22-17(15)11-2-4-13(18)5-3-11/h2-8,10H,9H2,1H3,(H,19,23)(H,21,22). The predicted octanol–water partition coefficient (Wildman–Crippen LogP) is 2.57. The number of halogens is 1. The van der Waals surface area contributed by atoms with Crippen molar-refractivity contribution in [2.45, 2.75) is 6.42 Å². The maximum atomic E-state index is 13.1. The van der Waals surface area contributed by atoms with Crippen molar-refractivity contribution in [1.82, 2.24) is 20.5 Å². The summed E-state index contributed by atoms with van der Waals surface area (Å²) in [5.41, 5.74) is 4.07. The summed E-state index contributed by atoms with van der Waals surface area (Å²) in [5.74, 6) is -0.382. The summed E-state index contributed by atoms with van der Waals surface area (Å²) in [6.45, 7) is 0. The minimum Gasteiger partial charge on any atom is -0.359 e. The normalized spacial score (nSPS) is 10.5. The predicted molar refractivity (Wildman–Crippen MR) is 85.0 cm³/mol. The fraction of sp³-hybridized carbons (Fsp3) is 0.118. The number of hydrogen-bond acceptors (Lipinski definition) is 3. The van der Waals surface area contributed by atoms with Crippen molar-refractivity contribution in [2.75, 3.05) is 7.05 Å². The summed E-state index contributed by atoms with van der Waals surface area (Å²) in [7, 11) is 1.59. The average Bonchev–Trinajstić information content (AvgIpc) is 3.05. The number of rotatable bonds is 4. The molecule has 0 saturated carbocycles. The summed E-state index contributed by atoms with van der Waals surface area (Å²) in [6, 6.07) is 9.91. The number of pyridine rings is 1. The van der Waals surface area contributed by atoms with Crippen molar-refractivity contribution in [3.8, 4) is 22.4 Å². The van der Waals surface area contributed by atoms with Crippen LogP contribution in [-0.4, -0.2) is 28.1 Å². The molecule has 116 valence electrons. The highest BCUT2D eigenvalue weighted by Gasteiger charge is 2.11. The molecule has 2 N–H and O–H groups in total. The fourth-order valence-corrected chi connectivity index (χ4v) is 2.34. The summed E-state index contributed by atoms with van der Waals surface area (Å²) in [5, 5.41) is 9.60. The minimum absolute atomic E-state index is 0.0967. The Hall–Kier alpha value is -3.02. The summed E-state index contributed by atoms with van der Waals surface area (Å²) >= 11 is 0. The van der Waals surface area contributed by atoms with Crippen LogP contribution in [0, 0.1) is 5.82 Å². The summed E-state index contributed by atoms with van der Waals surface area (Å²) in [4.78, 5) is 15.7. The lowest BCUT2D eigenvalue weighted by atomic mass is 10.0. The Labute approximate surface area is 132 Å². The van der Waals surface area contributed by atoms with Crippen LogP contribution in [0.2, 0.25) is 0 Å². The molecule has 0 unspecified atom stereocenters.